The number of carbonyl (C=O) groups excluding carboxylic acids is 1. The molecule has 35 heavy (non-hydrogen) atoms. The average Bonchev–Trinajstić information content (AvgIpc) is 2.85. The number of methoxy groups -OCH3 is 1. The molecule has 2 aliphatic rings. The Morgan fingerprint density at radius 1 is 1.11 bits per heavy atom. The number of anilines is 1. The molecule has 10 heteroatoms. The van der Waals surface area contributed by atoms with Gasteiger partial charge >= 0.3 is 12.1 Å². The maximum atomic E-state index is 12.8. The maximum absolute atomic E-state index is 12.8. The van der Waals surface area contributed by atoms with E-state index in [1.807, 2.05) is 24.3 Å². The summed E-state index contributed by atoms with van der Waals surface area (Å²) in [6.45, 7) is 0.481. The van der Waals surface area contributed by atoms with Crippen LogP contribution in [0.25, 0.3) is 0 Å². The van der Waals surface area contributed by atoms with E-state index in [0.717, 1.165) is 16.9 Å². The molecule has 2 amide bonds. The van der Waals surface area contributed by atoms with Crippen LogP contribution in [-0.4, -0.2) is 59.4 Å². The standard InChI is InChI=1S/C25H27ClN2O7/c1-34-18-4-2-15(3-5-18)13-28-22(29)9-6-19-21(8-7-20(26)23(19)28)35-14-17-12-16(24(30)31)10-11-27(17)25(32)33/h2-5,7-8,16-17H,6,9-14H2,1H3,(H,30,31)(H,32,33). The third-order valence-electron chi connectivity index (χ3n) is 6.59. The highest BCUT2D eigenvalue weighted by molar-refractivity contribution is 6.34. The molecular weight excluding hydrogens is 476 g/mol. The molecule has 1 saturated heterocycles. The van der Waals surface area contributed by atoms with Gasteiger partial charge in [-0.3, -0.25) is 9.59 Å². The van der Waals surface area contributed by atoms with Gasteiger partial charge in [0.05, 0.1) is 36.3 Å². The van der Waals surface area contributed by atoms with E-state index in [-0.39, 0.29) is 38.3 Å². The molecule has 4 rings (SSSR count). The van der Waals surface area contributed by atoms with Gasteiger partial charge in [-0.1, -0.05) is 23.7 Å². The lowest BCUT2D eigenvalue weighted by Gasteiger charge is -2.36. The van der Waals surface area contributed by atoms with Crippen LogP contribution in [0.1, 0.15) is 30.4 Å². The van der Waals surface area contributed by atoms with Crippen molar-refractivity contribution in [3.63, 3.8) is 0 Å². The molecule has 2 unspecified atom stereocenters. The number of carbonyl (C=O) groups is 3. The quantitative estimate of drug-likeness (QED) is 0.586. The van der Waals surface area contributed by atoms with Crippen LogP contribution >= 0.6 is 11.6 Å². The van der Waals surface area contributed by atoms with Gasteiger partial charge in [0.15, 0.2) is 0 Å². The van der Waals surface area contributed by atoms with E-state index in [0.29, 0.717) is 29.4 Å². The number of likely N-dealkylation sites (tertiary alicyclic amines) is 1. The van der Waals surface area contributed by atoms with Gasteiger partial charge in [0.2, 0.25) is 5.91 Å². The second-order valence-electron chi connectivity index (χ2n) is 8.70. The number of benzene rings is 2. The van der Waals surface area contributed by atoms with Crippen LogP contribution in [-0.2, 0) is 22.6 Å². The molecule has 186 valence electrons. The summed E-state index contributed by atoms with van der Waals surface area (Å²) in [5.41, 5.74) is 2.27. The summed E-state index contributed by atoms with van der Waals surface area (Å²) in [6.07, 6.45) is 0.0767. The molecule has 2 aromatic carbocycles. The first-order valence-electron chi connectivity index (χ1n) is 11.4. The Morgan fingerprint density at radius 3 is 2.51 bits per heavy atom. The minimum atomic E-state index is -1.10. The molecule has 2 heterocycles. The Morgan fingerprint density at radius 2 is 1.86 bits per heavy atom. The van der Waals surface area contributed by atoms with E-state index < -0.39 is 24.0 Å². The molecule has 0 aliphatic carbocycles. The summed E-state index contributed by atoms with van der Waals surface area (Å²) < 4.78 is 11.3. The van der Waals surface area contributed by atoms with Crippen molar-refractivity contribution in [2.75, 3.05) is 25.2 Å². The lowest BCUT2D eigenvalue weighted by molar-refractivity contribution is -0.144. The molecule has 0 aromatic heterocycles. The first-order valence-corrected chi connectivity index (χ1v) is 11.8. The lowest BCUT2D eigenvalue weighted by Crippen LogP contribution is -2.49. The van der Waals surface area contributed by atoms with Gasteiger partial charge in [0.25, 0.3) is 0 Å². The van der Waals surface area contributed by atoms with Gasteiger partial charge in [-0.15, -0.1) is 0 Å². The van der Waals surface area contributed by atoms with Gasteiger partial charge in [0.1, 0.15) is 18.1 Å². The largest absolute Gasteiger partial charge is 0.497 e. The zero-order valence-corrected chi connectivity index (χ0v) is 20.0. The smallest absolute Gasteiger partial charge is 0.407 e. The Hall–Kier alpha value is -3.46. The van der Waals surface area contributed by atoms with E-state index in [2.05, 4.69) is 0 Å². The van der Waals surface area contributed by atoms with Crippen LogP contribution in [0.4, 0.5) is 10.5 Å². The SMILES string of the molecule is COc1ccc(CN2C(=O)CCc3c(OCC4CC(C(=O)O)CCN4C(=O)O)ccc(Cl)c32)cc1. The first kappa shape index (κ1) is 24.7. The summed E-state index contributed by atoms with van der Waals surface area (Å²) >= 11 is 6.53. The van der Waals surface area contributed by atoms with E-state index in [1.54, 1.807) is 24.1 Å². The Kier molecular flexibility index (Phi) is 7.35. The topological polar surface area (TPSA) is 117 Å². The van der Waals surface area contributed by atoms with E-state index in [9.17, 15) is 24.6 Å². The molecule has 2 aliphatic heterocycles. The number of carboxylic acid groups (broad SMARTS) is 2. The lowest BCUT2D eigenvalue weighted by atomic mass is 9.91. The van der Waals surface area contributed by atoms with Crippen molar-refractivity contribution < 1.29 is 34.1 Å². The molecule has 0 saturated carbocycles. The third kappa shape index (κ3) is 5.30. The molecule has 2 atom stereocenters. The average molecular weight is 503 g/mol. The Balaban J connectivity index is 1.57. The number of aliphatic carboxylic acids is 1. The molecule has 1 fully saturated rings. The normalized spacial score (nSPS) is 19.8. The van der Waals surface area contributed by atoms with E-state index in [4.69, 9.17) is 21.1 Å². The number of ether oxygens (including phenoxy) is 2. The summed E-state index contributed by atoms with van der Waals surface area (Å²) in [4.78, 5) is 38.9. The fourth-order valence-corrected chi connectivity index (χ4v) is 4.98. The maximum Gasteiger partial charge on any atom is 0.407 e. The summed E-state index contributed by atoms with van der Waals surface area (Å²) in [6, 6.07) is 10.2. The van der Waals surface area contributed by atoms with Crippen molar-refractivity contribution in [3.8, 4) is 11.5 Å². The molecule has 9 nitrogen and oxygen atoms in total. The van der Waals surface area contributed by atoms with Crippen LogP contribution in [0.5, 0.6) is 11.5 Å². The van der Waals surface area contributed by atoms with Crippen molar-refractivity contribution in [1.29, 1.82) is 0 Å². The van der Waals surface area contributed by atoms with Gasteiger partial charge in [-0.05, 0) is 49.1 Å². The number of piperidine rings is 1. The van der Waals surface area contributed by atoms with Gasteiger partial charge < -0.3 is 29.5 Å². The zero-order valence-electron chi connectivity index (χ0n) is 19.3. The van der Waals surface area contributed by atoms with Crippen molar-refractivity contribution in [2.45, 2.75) is 38.3 Å². The van der Waals surface area contributed by atoms with Crippen molar-refractivity contribution >= 4 is 35.3 Å². The van der Waals surface area contributed by atoms with Crippen LogP contribution < -0.4 is 14.4 Å². The number of rotatable bonds is 7. The summed E-state index contributed by atoms with van der Waals surface area (Å²) in [7, 11) is 1.59. The van der Waals surface area contributed by atoms with E-state index in [1.165, 1.54) is 4.90 Å². The van der Waals surface area contributed by atoms with Gasteiger partial charge in [-0.25, -0.2) is 4.79 Å². The summed E-state index contributed by atoms with van der Waals surface area (Å²) in [5.74, 6) is -0.371. The second kappa shape index (κ2) is 10.4. The molecule has 2 aromatic rings. The van der Waals surface area contributed by atoms with Gasteiger partial charge in [0, 0.05) is 18.5 Å². The van der Waals surface area contributed by atoms with Crippen molar-refractivity contribution in [3.05, 3.63) is 52.5 Å². The third-order valence-corrected chi connectivity index (χ3v) is 6.90. The Labute approximate surface area is 207 Å². The second-order valence-corrected chi connectivity index (χ2v) is 9.11. The Bertz CT molecular complexity index is 1120. The van der Waals surface area contributed by atoms with Crippen LogP contribution in [0.15, 0.2) is 36.4 Å². The van der Waals surface area contributed by atoms with Crippen molar-refractivity contribution in [1.82, 2.24) is 4.90 Å². The number of nitrogens with zero attached hydrogens (tertiary/aromatic N) is 2. The number of carboxylic acids is 1. The van der Waals surface area contributed by atoms with E-state index >= 15 is 0 Å². The predicted molar refractivity (Wildman–Crippen MR) is 128 cm³/mol. The van der Waals surface area contributed by atoms with Crippen LogP contribution in [0.2, 0.25) is 5.02 Å². The summed E-state index contributed by atoms with van der Waals surface area (Å²) in [5, 5.41) is 19.4. The molecule has 0 spiro atoms. The fraction of sp³-hybridized carbons (Fsp3) is 0.400. The highest BCUT2D eigenvalue weighted by atomic mass is 35.5. The first-order chi connectivity index (χ1) is 16.8. The minimum Gasteiger partial charge on any atom is -0.497 e. The molecule has 0 bridgehead atoms. The molecule has 2 N–H and O–H groups in total. The van der Waals surface area contributed by atoms with Crippen LogP contribution in [0.3, 0.4) is 0 Å². The highest BCUT2D eigenvalue weighted by Crippen LogP contribution is 2.41. The monoisotopic (exact) mass is 502 g/mol. The number of hydrogen-bond donors (Lipinski definition) is 2. The number of amides is 2. The zero-order chi connectivity index (χ0) is 25.1. The minimum absolute atomic E-state index is 0.0105. The highest BCUT2D eigenvalue weighted by Gasteiger charge is 2.36. The number of halogens is 1. The fourth-order valence-electron chi connectivity index (χ4n) is 4.70. The number of hydrogen-bond acceptors (Lipinski definition) is 5. The molecule has 0 radical (unpaired) electrons. The van der Waals surface area contributed by atoms with Crippen molar-refractivity contribution in [2.24, 2.45) is 5.92 Å². The van der Waals surface area contributed by atoms with Gasteiger partial charge in [-0.2, -0.15) is 0 Å². The number of fused-ring (bicyclic) bond motifs is 1. The van der Waals surface area contributed by atoms with Crippen LogP contribution in [0, 0.1) is 5.92 Å². The predicted octanol–water partition coefficient (Wildman–Crippen LogP) is 4.05. The molecular formula is C25H27ClN2O7.